The van der Waals surface area contributed by atoms with E-state index in [1.54, 1.807) is 0 Å². The highest BCUT2D eigenvalue weighted by atomic mass is 16.6. The fraction of sp³-hybridized carbons (Fsp3) is 0.143. The van der Waals surface area contributed by atoms with Gasteiger partial charge in [-0.05, 0) is 0 Å². The molecule has 0 atom stereocenters. The molecule has 0 aliphatic carbocycles. The maximum Gasteiger partial charge on any atom is 0.332 e. The fourth-order valence-electron chi connectivity index (χ4n) is 0.797. The van der Waals surface area contributed by atoms with Crippen LogP contribution in [0, 0.1) is 10.1 Å². The zero-order valence-electron chi connectivity index (χ0n) is 7.08. The van der Waals surface area contributed by atoms with Crippen LogP contribution in [0.2, 0.25) is 0 Å². The van der Waals surface area contributed by atoms with Gasteiger partial charge in [-0.25, -0.2) is 4.79 Å². The highest BCUT2D eigenvalue weighted by Crippen LogP contribution is 2.08. The van der Waals surface area contributed by atoms with E-state index in [0.29, 0.717) is 0 Å². The van der Waals surface area contributed by atoms with Crippen molar-refractivity contribution in [2.24, 2.45) is 0 Å². The Morgan fingerprint density at radius 1 is 1.79 bits per heavy atom. The number of carboxylic acid groups (broad SMARTS) is 1. The van der Waals surface area contributed by atoms with Gasteiger partial charge in [-0.2, -0.15) is 5.10 Å². The molecule has 0 unspecified atom stereocenters. The van der Waals surface area contributed by atoms with Gasteiger partial charge in [-0.3, -0.25) is 14.8 Å². The first-order valence-corrected chi connectivity index (χ1v) is 3.58. The number of nitro groups is 1. The summed E-state index contributed by atoms with van der Waals surface area (Å²) in [6, 6.07) is 0. The summed E-state index contributed by atoms with van der Waals surface area (Å²) in [5.41, 5.74) is -0.258. The van der Waals surface area contributed by atoms with E-state index < -0.39 is 10.9 Å². The third-order valence-electron chi connectivity index (χ3n) is 1.49. The van der Waals surface area contributed by atoms with Crippen molar-refractivity contribution in [3.05, 3.63) is 34.7 Å². The molecule has 0 aliphatic rings. The summed E-state index contributed by atoms with van der Waals surface area (Å²) in [5.74, 6) is -1.15. The van der Waals surface area contributed by atoms with Crippen molar-refractivity contribution in [1.29, 1.82) is 0 Å². The molecule has 1 aromatic rings. The van der Waals surface area contributed by atoms with Crippen LogP contribution in [0.15, 0.2) is 24.5 Å². The van der Waals surface area contributed by atoms with Crippen LogP contribution in [-0.2, 0) is 11.3 Å². The molecular formula is C7H7N3O4. The number of aromatic nitrogens is 2. The number of hydrogen-bond donors (Lipinski definition) is 1. The second-order valence-corrected chi connectivity index (χ2v) is 2.56. The Labute approximate surface area is 78.4 Å². The van der Waals surface area contributed by atoms with E-state index in [-0.39, 0.29) is 17.8 Å². The molecule has 1 aromatic heterocycles. The first-order chi connectivity index (χ1) is 6.50. The fourth-order valence-corrected chi connectivity index (χ4v) is 0.797. The highest BCUT2D eigenvalue weighted by Gasteiger charge is 2.11. The molecule has 74 valence electrons. The number of nitrogens with zero attached hydrogens (tertiary/aromatic N) is 3. The lowest BCUT2D eigenvalue weighted by molar-refractivity contribution is -0.385. The lowest BCUT2D eigenvalue weighted by Gasteiger charge is -1.98. The Kier molecular flexibility index (Phi) is 2.61. The summed E-state index contributed by atoms with van der Waals surface area (Å²) in [4.78, 5) is 20.0. The van der Waals surface area contributed by atoms with Gasteiger partial charge < -0.3 is 5.11 Å². The van der Waals surface area contributed by atoms with Gasteiger partial charge >= 0.3 is 11.7 Å². The zero-order valence-corrected chi connectivity index (χ0v) is 7.08. The van der Waals surface area contributed by atoms with Crippen LogP contribution in [0.4, 0.5) is 5.69 Å². The predicted molar refractivity (Wildman–Crippen MR) is 45.7 cm³/mol. The Bertz CT molecular complexity index is 395. The summed E-state index contributed by atoms with van der Waals surface area (Å²) in [6.45, 7) is 3.21. The second kappa shape index (κ2) is 3.69. The highest BCUT2D eigenvalue weighted by molar-refractivity contribution is 5.85. The van der Waals surface area contributed by atoms with Gasteiger partial charge in [0.15, 0.2) is 0 Å². The van der Waals surface area contributed by atoms with Crippen LogP contribution in [0.5, 0.6) is 0 Å². The lowest BCUT2D eigenvalue weighted by atomic mass is 10.3. The Morgan fingerprint density at radius 3 is 2.86 bits per heavy atom. The van der Waals surface area contributed by atoms with Gasteiger partial charge in [-0.15, -0.1) is 0 Å². The number of carboxylic acids is 1. The van der Waals surface area contributed by atoms with Crippen LogP contribution in [-0.4, -0.2) is 25.8 Å². The zero-order chi connectivity index (χ0) is 10.7. The first-order valence-electron chi connectivity index (χ1n) is 3.58. The molecule has 7 nitrogen and oxygen atoms in total. The average molecular weight is 197 g/mol. The van der Waals surface area contributed by atoms with Crippen molar-refractivity contribution in [1.82, 2.24) is 9.78 Å². The van der Waals surface area contributed by atoms with E-state index >= 15 is 0 Å². The molecule has 0 aromatic carbocycles. The van der Waals surface area contributed by atoms with Crippen molar-refractivity contribution in [3.8, 4) is 0 Å². The molecule has 0 fully saturated rings. The summed E-state index contributed by atoms with van der Waals surface area (Å²) in [5, 5.41) is 22.3. The van der Waals surface area contributed by atoms with Crippen LogP contribution in [0.1, 0.15) is 0 Å². The van der Waals surface area contributed by atoms with Crippen molar-refractivity contribution in [2.45, 2.75) is 6.54 Å². The number of carbonyl (C=O) groups is 1. The van der Waals surface area contributed by atoms with Crippen LogP contribution in [0.3, 0.4) is 0 Å². The normalized spacial score (nSPS) is 9.71. The molecular weight excluding hydrogens is 190 g/mol. The summed E-state index contributed by atoms with van der Waals surface area (Å²) < 4.78 is 1.15. The molecule has 1 heterocycles. The second-order valence-electron chi connectivity index (χ2n) is 2.56. The van der Waals surface area contributed by atoms with E-state index in [2.05, 4.69) is 11.7 Å². The van der Waals surface area contributed by atoms with Gasteiger partial charge in [-0.1, -0.05) is 6.58 Å². The molecule has 1 rings (SSSR count). The van der Waals surface area contributed by atoms with E-state index in [0.717, 1.165) is 17.1 Å². The summed E-state index contributed by atoms with van der Waals surface area (Å²) >= 11 is 0. The quantitative estimate of drug-likeness (QED) is 0.428. The molecule has 0 radical (unpaired) electrons. The van der Waals surface area contributed by atoms with Crippen LogP contribution < -0.4 is 0 Å². The molecule has 0 aliphatic heterocycles. The largest absolute Gasteiger partial charge is 0.478 e. The molecule has 1 N–H and O–H groups in total. The molecule has 0 saturated heterocycles. The Hall–Kier alpha value is -2.18. The minimum Gasteiger partial charge on any atom is -0.478 e. The Morgan fingerprint density at radius 2 is 2.43 bits per heavy atom. The minimum atomic E-state index is -1.15. The van der Waals surface area contributed by atoms with E-state index in [4.69, 9.17) is 5.11 Å². The van der Waals surface area contributed by atoms with Crippen molar-refractivity contribution < 1.29 is 14.8 Å². The molecule has 7 heteroatoms. The van der Waals surface area contributed by atoms with Crippen molar-refractivity contribution in [2.75, 3.05) is 0 Å². The number of hydrogen-bond acceptors (Lipinski definition) is 4. The summed E-state index contributed by atoms with van der Waals surface area (Å²) in [7, 11) is 0. The summed E-state index contributed by atoms with van der Waals surface area (Å²) in [6.07, 6.45) is 2.20. The van der Waals surface area contributed by atoms with Crippen LogP contribution in [0.25, 0.3) is 0 Å². The molecule has 0 saturated carbocycles. The topological polar surface area (TPSA) is 98.3 Å². The van der Waals surface area contributed by atoms with Gasteiger partial charge in [0.25, 0.3) is 0 Å². The third-order valence-corrected chi connectivity index (χ3v) is 1.49. The molecule has 14 heavy (non-hydrogen) atoms. The SMILES string of the molecule is C=C(Cn1cc([N+](=O)[O-])cn1)C(=O)O. The number of aliphatic carboxylic acids is 1. The molecule has 0 spiro atoms. The smallest absolute Gasteiger partial charge is 0.332 e. The lowest BCUT2D eigenvalue weighted by Crippen LogP contribution is -2.08. The maximum atomic E-state index is 10.4. The minimum absolute atomic E-state index is 0.0663. The van der Waals surface area contributed by atoms with E-state index in [1.807, 2.05) is 0 Å². The van der Waals surface area contributed by atoms with Gasteiger partial charge in [0, 0.05) is 0 Å². The standard InChI is InChI=1S/C7H7N3O4/c1-5(7(11)12)3-9-4-6(2-8-9)10(13)14/h2,4H,1,3H2,(H,11,12). The predicted octanol–water partition coefficient (Wildman–Crippen LogP) is 0.432. The molecule has 0 amide bonds. The van der Waals surface area contributed by atoms with Gasteiger partial charge in [0.2, 0.25) is 0 Å². The third kappa shape index (κ3) is 2.16. The van der Waals surface area contributed by atoms with E-state index in [1.165, 1.54) is 0 Å². The molecule has 0 bridgehead atoms. The van der Waals surface area contributed by atoms with Gasteiger partial charge in [0.1, 0.15) is 12.4 Å². The Balaban J connectivity index is 2.74. The van der Waals surface area contributed by atoms with Gasteiger partial charge in [0.05, 0.1) is 17.0 Å². The first kappa shape index (κ1) is 9.90. The van der Waals surface area contributed by atoms with Crippen molar-refractivity contribution in [3.63, 3.8) is 0 Å². The van der Waals surface area contributed by atoms with Crippen molar-refractivity contribution >= 4 is 11.7 Å². The van der Waals surface area contributed by atoms with Crippen LogP contribution >= 0.6 is 0 Å². The maximum absolute atomic E-state index is 10.4. The number of rotatable bonds is 4. The average Bonchev–Trinajstić information content (AvgIpc) is 2.52. The van der Waals surface area contributed by atoms with E-state index in [9.17, 15) is 14.9 Å². The monoisotopic (exact) mass is 197 g/mol.